The van der Waals surface area contributed by atoms with Crippen LogP contribution in [0.2, 0.25) is 0 Å². The van der Waals surface area contributed by atoms with Crippen LogP contribution in [0.5, 0.6) is 0 Å². The van der Waals surface area contributed by atoms with Gasteiger partial charge in [0.15, 0.2) is 6.23 Å². The van der Waals surface area contributed by atoms with E-state index in [1.165, 1.54) is 6.07 Å². The SMILES string of the molecule is Cc1cc(C)nc(/C=C/c2nn(C3CCCCO3)c3cc(Nc4ncccc4C(=O)O)ccc23)c1. The fraction of sp³-hybridized carbons (Fsp3) is 0.259. The molecule has 4 heterocycles. The molecule has 1 fully saturated rings. The average Bonchev–Trinajstić information content (AvgIpc) is 3.21. The fourth-order valence-electron chi connectivity index (χ4n) is 4.44. The van der Waals surface area contributed by atoms with Crippen molar-refractivity contribution in [1.29, 1.82) is 0 Å². The number of carboxylic acids is 1. The average molecular weight is 470 g/mol. The maximum Gasteiger partial charge on any atom is 0.339 e. The van der Waals surface area contributed by atoms with Crippen LogP contribution in [0.3, 0.4) is 0 Å². The number of anilines is 2. The minimum absolute atomic E-state index is 0.112. The zero-order valence-corrected chi connectivity index (χ0v) is 19.7. The highest BCUT2D eigenvalue weighted by Crippen LogP contribution is 2.31. The summed E-state index contributed by atoms with van der Waals surface area (Å²) in [5, 5.41) is 18.5. The van der Waals surface area contributed by atoms with Crippen LogP contribution in [0.4, 0.5) is 11.5 Å². The van der Waals surface area contributed by atoms with E-state index < -0.39 is 5.97 Å². The summed E-state index contributed by atoms with van der Waals surface area (Å²) in [5.41, 5.74) is 5.58. The molecule has 1 aliphatic rings. The standard InChI is InChI=1S/C27H27N5O3/c1-17-14-18(2)29-19(15-17)9-11-23-21-10-8-20(30-26-22(27(33)34)6-5-12-28-26)16-24(21)32(31-23)25-7-3-4-13-35-25/h5-6,8-12,14-16,25H,3-4,7,13H2,1-2H3,(H,28,30)(H,33,34)/b11-9+. The number of fused-ring (bicyclic) bond motifs is 1. The Morgan fingerprint density at radius 3 is 2.83 bits per heavy atom. The lowest BCUT2D eigenvalue weighted by Gasteiger charge is -2.23. The first-order valence-corrected chi connectivity index (χ1v) is 11.7. The number of ether oxygens (including phenoxy) is 1. The van der Waals surface area contributed by atoms with Crippen molar-refractivity contribution in [2.45, 2.75) is 39.3 Å². The molecule has 0 saturated carbocycles. The molecule has 1 aliphatic heterocycles. The summed E-state index contributed by atoms with van der Waals surface area (Å²) in [6.45, 7) is 4.75. The third kappa shape index (κ3) is 4.93. The van der Waals surface area contributed by atoms with Gasteiger partial charge in [-0.1, -0.05) is 0 Å². The third-order valence-corrected chi connectivity index (χ3v) is 5.99. The number of carboxylic acid groups (broad SMARTS) is 1. The minimum atomic E-state index is -1.03. The Hall–Kier alpha value is -4.04. The van der Waals surface area contributed by atoms with Crippen molar-refractivity contribution in [3.8, 4) is 0 Å². The Kier molecular flexibility index (Phi) is 6.29. The zero-order chi connectivity index (χ0) is 24.4. The van der Waals surface area contributed by atoms with Crippen LogP contribution in [0.15, 0.2) is 48.7 Å². The van der Waals surface area contributed by atoms with Crippen LogP contribution >= 0.6 is 0 Å². The molecule has 3 aromatic heterocycles. The van der Waals surface area contributed by atoms with E-state index in [2.05, 4.69) is 22.2 Å². The molecule has 2 N–H and O–H groups in total. The van der Waals surface area contributed by atoms with Gasteiger partial charge in [0.05, 0.1) is 16.9 Å². The second kappa shape index (κ2) is 9.68. The molecule has 35 heavy (non-hydrogen) atoms. The molecule has 0 radical (unpaired) electrons. The first kappa shape index (κ1) is 22.7. The van der Waals surface area contributed by atoms with E-state index in [1.54, 1.807) is 12.3 Å². The third-order valence-electron chi connectivity index (χ3n) is 5.99. The van der Waals surface area contributed by atoms with Gasteiger partial charge in [-0.25, -0.2) is 14.5 Å². The second-order valence-electron chi connectivity index (χ2n) is 8.76. The number of rotatable bonds is 6. The molecule has 0 amide bonds. The van der Waals surface area contributed by atoms with E-state index in [0.717, 1.165) is 58.5 Å². The van der Waals surface area contributed by atoms with Crippen LogP contribution in [-0.2, 0) is 4.74 Å². The van der Waals surface area contributed by atoms with Crippen LogP contribution < -0.4 is 5.32 Å². The highest BCUT2D eigenvalue weighted by atomic mass is 16.5. The summed E-state index contributed by atoms with van der Waals surface area (Å²) in [6.07, 6.45) is 8.40. The Morgan fingerprint density at radius 1 is 1.17 bits per heavy atom. The van der Waals surface area contributed by atoms with Gasteiger partial charge < -0.3 is 15.2 Å². The zero-order valence-electron chi connectivity index (χ0n) is 19.7. The topological polar surface area (TPSA) is 102 Å². The van der Waals surface area contributed by atoms with Crippen LogP contribution in [0.25, 0.3) is 23.1 Å². The molecule has 4 aromatic rings. The predicted molar refractivity (Wildman–Crippen MR) is 136 cm³/mol. The molecule has 0 aliphatic carbocycles. The summed E-state index contributed by atoms with van der Waals surface area (Å²) in [7, 11) is 0. The molecule has 8 heteroatoms. The predicted octanol–water partition coefficient (Wildman–Crippen LogP) is 5.75. The first-order chi connectivity index (χ1) is 17.0. The Bertz CT molecular complexity index is 1400. The smallest absolute Gasteiger partial charge is 0.339 e. The summed E-state index contributed by atoms with van der Waals surface area (Å²) < 4.78 is 7.98. The second-order valence-corrected chi connectivity index (χ2v) is 8.76. The Balaban J connectivity index is 1.55. The van der Waals surface area contributed by atoms with Crippen molar-refractivity contribution in [3.63, 3.8) is 0 Å². The molecule has 0 bridgehead atoms. The first-order valence-electron chi connectivity index (χ1n) is 11.7. The lowest BCUT2D eigenvalue weighted by molar-refractivity contribution is -0.0367. The largest absolute Gasteiger partial charge is 0.478 e. The minimum Gasteiger partial charge on any atom is -0.478 e. The molecular weight excluding hydrogens is 442 g/mol. The molecule has 1 saturated heterocycles. The van der Waals surface area contributed by atoms with Gasteiger partial charge in [-0.05, 0) is 93.3 Å². The summed E-state index contributed by atoms with van der Waals surface area (Å²) in [4.78, 5) is 20.4. The van der Waals surface area contributed by atoms with Crippen molar-refractivity contribution in [3.05, 3.63) is 76.9 Å². The van der Waals surface area contributed by atoms with Crippen molar-refractivity contribution in [2.24, 2.45) is 0 Å². The lowest BCUT2D eigenvalue weighted by atomic mass is 10.1. The van der Waals surface area contributed by atoms with E-state index in [1.807, 2.05) is 54.1 Å². The van der Waals surface area contributed by atoms with Crippen molar-refractivity contribution in [2.75, 3.05) is 11.9 Å². The number of nitrogens with one attached hydrogen (secondary N) is 1. The summed E-state index contributed by atoms with van der Waals surface area (Å²) >= 11 is 0. The van der Waals surface area contributed by atoms with Gasteiger partial charge in [0.1, 0.15) is 11.4 Å². The van der Waals surface area contributed by atoms with Crippen LogP contribution in [0.1, 0.15) is 58.5 Å². The summed E-state index contributed by atoms with van der Waals surface area (Å²) in [5.74, 6) is -0.741. The van der Waals surface area contributed by atoms with Crippen molar-refractivity contribution >= 4 is 40.5 Å². The maximum absolute atomic E-state index is 11.6. The molecule has 178 valence electrons. The molecule has 1 atom stereocenters. The van der Waals surface area contributed by atoms with Gasteiger partial charge in [-0.15, -0.1) is 0 Å². The van der Waals surface area contributed by atoms with Crippen molar-refractivity contribution < 1.29 is 14.6 Å². The number of aryl methyl sites for hydroxylation is 2. The van der Waals surface area contributed by atoms with E-state index in [0.29, 0.717) is 12.4 Å². The number of hydrogen-bond donors (Lipinski definition) is 2. The highest BCUT2D eigenvalue weighted by molar-refractivity contribution is 5.95. The van der Waals surface area contributed by atoms with Crippen LogP contribution in [0, 0.1) is 13.8 Å². The van der Waals surface area contributed by atoms with E-state index in [-0.39, 0.29) is 11.8 Å². The molecular formula is C27H27N5O3. The van der Waals surface area contributed by atoms with Crippen molar-refractivity contribution in [1.82, 2.24) is 19.7 Å². The number of aromatic carboxylic acids is 1. The molecule has 0 spiro atoms. The van der Waals surface area contributed by atoms with Gasteiger partial charge in [-0.2, -0.15) is 5.10 Å². The van der Waals surface area contributed by atoms with E-state index in [4.69, 9.17) is 9.84 Å². The Morgan fingerprint density at radius 2 is 2.06 bits per heavy atom. The molecule has 8 nitrogen and oxygen atoms in total. The highest BCUT2D eigenvalue weighted by Gasteiger charge is 2.21. The van der Waals surface area contributed by atoms with Gasteiger partial charge in [0.25, 0.3) is 0 Å². The molecule has 5 rings (SSSR count). The number of nitrogens with zero attached hydrogens (tertiary/aromatic N) is 4. The van der Waals surface area contributed by atoms with E-state index in [9.17, 15) is 9.90 Å². The number of hydrogen-bond acceptors (Lipinski definition) is 6. The maximum atomic E-state index is 11.6. The number of aromatic nitrogens is 4. The van der Waals surface area contributed by atoms with Gasteiger partial charge in [0, 0.05) is 29.6 Å². The summed E-state index contributed by atoms with van der Waals surface area (Å²) in [6, 6.07) is 13.1. The fourth-order valence-corrected chi connectivity index (χ4v) is 4.44. The normalized spacial score (nSPS) is 16.1. The number of carbonyl (C=O) groups is 1. The van der Waals surface area contributed by atoms with Crippen LogP contribution in [-0.4, -0.2) is 37.4 Å². The lowest BCUT2D eigenvalue weighted by Crippen LogP contribution is -2.19. The Labute approximate surface area is 203 Å². The molecule has 1 aromatic carbocycles. The van der Waals surface area contributed by atoms with Gasteiger partial charge in [0.2, 0.25) is 0 Å². The number of benzene rings is 1. The number of pyridine rings is 2. The molecule has 1 unspecified atom stereocenters. The van der Waals surface area contributed by atoms with Gasteiger partial charge in [-0.3, -0.25) is 4.98 Å². The van der Waals surface area contributed by atoms with E-state index >= 15 is 0 Å². The van der Waals surface area contributed by atoms with Gasteiger partial charge >= 0.3 is 5.97 Å². The monoisotopic (exact) mass is 469 g/mol. The quantitative estimate of drug-likeness (QED) is 0.370.